The summed E-state index contributed by atoms with van der Waals surface area (Å²) in [7, 11) is 0. The third-order valence-electron chi connectivity index (χ3n) is 4.45. The summed E-state index contributed by atoms with van der Waals surface area (Å²) >= 11 is 0. The molecule has 0 unspecified atom stereocenters. The highest BCUT2D eigenvalue weighted by Crippen LogP contribution is 2.20. The molecule has 2 rings (SSSR count). The zero-order chi connectivity index (χ0) is 18.4. The van der Waals surface area contributed by atoms with E-state index < -0.39 is 6.04 Å². The third kappa shape index (κ3) is 5.28. The first kappa shape index (κ1) is 18.9. The Morgan fingerprint density at radius 3 is 1.96 bits per heavy atom. The van der Waals surface area contributed by atoms with E-state index in [9.17, 15) is 9.59 Å². The van der Waals surface area contributed by atoms with Crippen LogP contribution in [-0.2, 0) is 16.0 Å². The molecule has 2 aromatic carbocycles. The minimum atomic E-state index is -0.407. The summed E-state index contributed by atoms with van der Waals surface area (Å²) in [6.07, 6.45) is 0.656. The van der Waals surface area contributed by atoms with Crippen molar-refractivity contribution in [2.24, 2.45) is 11.8 Å². The Hall–Kier alpha value is -2.42. The summed E-state index contributed by atoms with van der Waals surface area (Å²) in [5, 5.41) is 2.88. The maximum Gasteiger partial charge on any atom is 0.223 e. The van der Waals surface area contributed by atoms with Gasteiger partial charge in [-0.1, -0.05) is 75.4 Å². The van der Waals surface area contributed by atoms with E-state index in [1.807, 2.05) is 39.0 Å². The monoisotopic (exact) mass is 337 g/mol. The highest BCUT2D eigenvalue weighted by Gasteiger charge is 2.23. The van der Waals surface area contributed by atoms with Gasteiger partial charge in [-0.2, -0.15) is 0 Å². The molecular weight excluding hydrogens is 310 g/mol. The van der Waals surface area contributed by atoms with Crippen LogP contribution in [0.2, 0.25) is 0 Å². The molecule has 0 saturated carbocycles. The molecule has 25 heavy (non-hydrogen) atoms. The van der Waals surface area contributed by atoms with E-state index in [2.05, 4.69) is 41.7 Å². The highest BCUT2D eigenvalue weighted by molar-refractivity contribution is 5.88. The van der Waals surface area contributed by atoms with Crippen LogP contribution in [0.1, 0.15) is 33.3 Å². The van der Waals surface area contributed by atoms with Gasteiger partial charge in [-0.3, -0.25) is 9.59 Å². The summed E-state index contributed by atoms with van der Waals surface area (Å²) in [6, 6.07) is 18.1. The number of rotatable bonds is 7. The first-order valence-electron chi connectivity index (χ1n) is 8.83. The molecule has 2 atom stereocenters. The maximum absolute atomic E-state index is 12.4. The number of benzene rings is 2. The Bertz CT molecular complexity index is 705. The predicted molar refractivity (Wildman–Crippen MR) is 102 cm³/mol. The average molecular weight is 337 g/mol. The van der Waals surface area contributed by atoms with E-state index >= 15 is 0 Å². The van der Waals surface area contributed by atoms with Gasteiger partial charge in [-0.25, -0.2) is 0 Å². The number of nitrogens with one attached hydrogen (secondary N) is 1. The summed E-state index contributed by atoms with van der Waals surface area (Å²) in [5.74, 6) is -0.147. The maximum atomic E-state index is 12.4. The van der Waals surface area contributed by atoms with Gasteiger partial charge in [0.1, 0.15) is 0 Å². The molecular formula is C22H27NO2. The molecule has 0 aromatic heterocycles. The lowest BCUT2D eigenvalue weighted by molar-refractivity contribution is -0.130. The standard InChI is InChI=1S/C22H27NO2/c1-15(2)21(17(4)24)23-22(25)16(3)14-18-10-12-20(13-11-18)19-8-6-5-7-9-19/h5-13,15-16,21H,14H2,1-4H3,(H,23,25)/t16-,21-/m0/s1. The van der Waals surface area contributed by atoms with Crippen molar-refractivity contribution in [3.05, 3.63) is 60.2 Å². The summed E-state index contributed by atoms with van der Waals surface area (Å²) in [5.41, 5.74) is 3.46. The normalized spacial score (nSPS) is 13.3. The minimum absolute atomic E-state index is 0.00256. The van der Waals surface area contributed by atoms with Crippen molar-refractivity contribution in [1.82, 2.24) is 5.32 Å². The van der Waals surface area contributed by atoms with Gasteiger partial charge in [-0.05, 0) is 36.0 Å². The first-order valence-corrected chi connectivity index (χ1v) is 8.83. The molecule has 0 aliphatic rings. The Morgan fingerprint density at radius 1 is 0.880 bits per heavy atom. The van der Waals surface area contributed by atoms with Crippen LogP contribution in [0.25, 0.3) is 11.1 Å². The largest absolute Gasteiger partial charge is 0.346 e. The number of carbonyl (C=O) groups is 2. The molecule has 0 bridgehead atoms. The molecule has 0 radical (unpaired) electrons. The van der Waals surface area contributed by atoms with Crippen LogP contribution >= 0.6 is 0 Å². The van der Waals surface area contributed by atoms with E-state index in [-0.39, 0.29) is 23.5 Å². The van der Waals surface area contributed by atoms with Crippen molar-refractivity contribution in [3.8, 4) is 11.1 Å². The molecule has 0 fully saturated rings. The van der Waals surface area contributed by atoms with E-state index in [4.69, 9.17) is 0 Å². The fraction of sp³-hybridized carbons (Fsp3) is 0.364. The van der Waals surface area contributed by atoms with Gasteiger partial charge < -0.3 is 5.32 Å². The summed E-state index contributed by atoms with van der Waals surface area (Å²) < 4.78 is 0. The van der Waals surface area contributed by atoms with Gasteiger partial charge in [-0.15, -0.1) is 0 Å². The minimum Gasteiger partial charge on any atom is -0.346 e. The number of carbonyl (C=O) groups excluding carboxylic acids is 2. The lowest BCUT2D eigenvalue weighted by Crippen LogP contribution is -2.45. The Balaban J connectivity index is 1.99. The second-order valence-electron chi connectivity index (χ2n) is 7.01. The molecule has 0 aliphatic heterocycles. The van der Waals surface area contributed by atoms with Crippen LogP contribution in [0.5, 0.6) is 0 Å². The topological polar surface area (TPSA) is 46.2 Å². The van der Waals surface area contributed by atoms with Crippen LogP contribution in [0.3, 0.4) is 0 Å². The highest BCUT2D eigenvalue weighted by atomic mass is 16.2. The van der Waals surface area contributed by atoms with Crippen LogP contribution in [-0.4, -0.2) is 17.7 Å². The smallest absolute Gasteiger partial charge is 0.223 e. The second-order valence-corrected chi connectivity index (χ2v) is 7.01. The van der Waals surface area contributed by atoms with Gasteiger partial charge in [0.05, 0.1) is 6.04 Å². The van der Waals surface area contributed by atoms with Crippen LogP contribution in [0, 0.1) is 11.8 Å². The summed E-state index contributed by atoms with van der Waals surface area (Å²) in [4.78, 5) is 24.1. The van der Waals surface area contributed by atoms with Crippen molar-refractivity contribution in [2.45, 2.75) is 40.2 Å². The van der Waals surface area contributed by atoms with E-state index in [1.54, 1.807) is 0 Å². The average Bonchev–Trinajstić information content (AvgIpc) is 2.60. The van der Waals surface area contributed by atoms with Crippen LogP contribution in [0.4, 0.5) is 0 Å². The lowest BCUT2D eigenvalue weighted by atomic mass is 9.96. The lowest BCUT2D eigenvalue weighted by Gasteiger charge is -2.22. The molecule has 1 N–H and O–H groups in total. The number of Topliss-reactive ketones (excluding diaryl/α,β-unsaturated/α-hetero) is 1. The van der Waals surface area contributed by atoms with Crippen molar-refractivity contribution in [1.29, 1.82) is 0 Å². The fourth-order valence-corrected chi connectivity index (χ4v) is 2.94. The quantitative estimate of drug-likeness (QED) is 0.820. The molecule has 3 heteroatoms. The number of hydrogen-bond acceptors (Lipinski definition) is 2. The van der Waals surface area contributed by atoms with E-state index in [0.29, 0.717) is 6.42 Å². The molecule has 2 aromatic rings. The molecule has 0 spiro atoms. The second kappa shape index (κ2) is 8.61. The molecule has 1 amide bonds. The van der Waals surface area contributed by atoms with Crippen LogP contribution in [0.15, 0.2) is 54.6 Å². The number of hydrogen-bond donors (Lipinski definition) is 1. The van der Waals surface area contributed by atoms with E-state index in [0.717, 1.165) is 11.1 Å². The molecule has 0 saturated heterocycles. The molecule has 3 nitrogen and oxygen atoms in total. The van der Waals surface area contributed by atoms with Gasteiger partial charge >= 0.3 is 0 Å². The van der Waals surface area contributed by atoms with Crippen molar-refractivity contribution < 1.29 is 9.59 Å². The Labute approximate surface area is 150 Å². The van der Waals surface area contributed by atoms with Gasteiger partial charge in [0, 0.05) is 5.92 Å². The zero-order valence-electron chi connectivity index (χ0n) is 15.5. The number of ketones is 1. The van der Waals surface area contributed by atoms with Crippen molar-refractivity contribution >= 4 is 11.7 Å². The van der Waals surface area contributed by atoms with Crippen molar-refractivity contribution in [3.63, 3.8) is 0 Å². The molecule has 132 valence electrons. The fourth-order valence-electron chi connectivity index (χ4n) is 2.94. The Kier molecular flexibility index (Phi) is 6.51. The third-order valence-corrected chi connectivity index (χ3v) is 4.45. The summed E-state index contributed by atoms with van der Waals surface area (Å²) in [6.45, 7) is 7.31. The molecule has 0 aliphatic carbocycles. The van der Waals surface area contributed by atoms with Crippen LogP contribution < -0.4 is 5.32 Å². The Morgan fingerprint density at radius 2 is 1.44 bits per heavy atom. The SMILES string of the molecule is CC(=O)[C@@H](NC(=O)[C@@H](C)Cc1ccc(-c2ccccc2)cc1)C(C)C. The molecule has 0 heterocycles. The van der Waals surface area contributed by atoms with Gasteiger partial charge in [0.25, 0.3) is 0 Å². The van der Waals surface area contributed by atoms with E-state index in [1.165, 1.54) is 12.5 Å². The van der Waals surface area contributed by atoms with Crippen molar-refractivity contribution in [2.75, 3.05) is 0 Å². The predicted octanol–water partition coefficient (Wildman–Crippen LogP) is 4.26. The number of amides is 1. The van der Waals surface area contributed by atoms with Gasteiger partial charge in [0.15, 0.2) is 5.78 Å². The first-order chi connectivity index (χ1) is 11.9. The zero-order valence-corrected chi connectivity index (χ0v) is 15.5. The van der Waals surface area contributed by atoms with Gasteiger partial charge in [0.2, 0.25) is 5.91 Å².